The van der Waals surface area contributed by atoms with E-state index in [1.165, 1.54) is 12.0 Å². The van der Waals surface area contributed by atoms with Crippen molar-refractivity contribution in [2.75, 3.05) is 40.0 Å². The number of rotatable bonds is 8. The van der Waals surface area contributed by atoms with E-state index in [2.05, 4.69) is 17.4 Å². The second-order valence-corrected chi connectivity index (χ2v) is 8.28. The molecule has 9 nitrogen and oxygen atoms in total. The number of hydrogen-bond acceptors (Lipinski definition) is 6. The van der Waals surface area contributed by atoms with Gasteiger partial charge in [-0.05, 0) is 22.3 Å². The molecule has 4 rings (SSSR count). The topological polar surface area (TPSA) is 114 Å². The first kappa shape index (κ1) is 23.7. The largest absolute Gasteiger partial charge is 0.480 e. The second-order valence-electron chi connectivity index (χ2n) is 8.28. The lowest BCUT2D eigenvalue weighted by Gasteiger charge is -2.33. The molecule has 0 saturated carbocycles. The van der Waals surface area contributed by atoms with Gasteiger partial charge in [-0.2, -0.15) is 0 Å². The molecular formula is C25H28N2O7. The Morgan fingerprint density at radius 1 is 1.12 bits per heavy atom. The molecule has 0 spiro atoms. The molecule has 2 unspecified atom stereocenters. The first-order chi connectivity index (χ1) is 16.5. The maximum atomic E-state index is 12.6. The summed E-state index contributed by atoms with van der Waals surface area (Å²) in [5.74, 6) is -1.53. The zero-order valence-electron chi connectivity index (χ0n) is 18.9. The Labute approximate surface area is 197 Å². The molecule has 1 fully saturated rings. The van der Waals surface area contributed by atoms with Crippen molar-refractivity contribution in [1.29, 1.82) is 0 Å². The van der Waals surface area contributed by atoms with E-state index >= 15 is 0 Å². The van der Waals surface area contributed by atoms with E-state index in [0.717, 1.165) is 22.3 Å². The highest BCUT2D eigenvalue weighted by molar-refractivity contribution is 5.84. The standard InChI is InChI=1S/C25H28N2O7/c1-32-16(12-23(28)27-10-11-33-15-22(27)24(29)30)13-26-25(31)34-14-21-19-8-4-2-6-17(19)18-7-3-5-9-20(18)21/h2-9,16,21-22H,10-15H2,1H3,(H,26,31)(H,29,30). The average molecular weight is 469 g/mol. The van der Waals surface area contributed by atoms with Gasteiger partial charge >= 0.3 is 12.1 Å². The van der Waals surface area contributed by atoms with Crippen LogP contribution >= 0.6 is 0 Å². The summed E-state index contributed by atoms with van der Waals surface area (Å²) in [7, 11) is 1.44. The van der Waals surface area contributed by atoms with E-state index in [-0.39, 0.29) is 51.2 Å². The van der Waals surface area contributed by atoms with E-state index < -0.39 is 24.2 Å². The fraction of sp³-hybridized carbons (Fsp3) is 0.400. The Morgan fingerprint density at radius 3 is 2.38 bits per heavy atom. The first-order valence-electron chi connectivity index (χ1n) is 11.2. The number of hydrogen-bond donors (Lipinski definition) is 2. The molecule has 0 bridgehead atoms. The summed E-state index contributed by atoms with van der Waals surface area (Å²) in [5.41, 5.74) is 4.53. The fourth-order valence-electron chi connectivity index (χ4n) is 4.50. The van der Waals surface area contributed by atoms with E-state index in [1.807, 2.05) is 36.4 Å². The van der Waals surface area contributed by atoms with Crippen LogP contribution in [0.3, 0.4) is 0 Å². The lowest BCUT2D eigenvalue weighted by molar-refractivity contribution is -0.159. The number of carboxylic acid groups (broad SMARTS) is 1. The molecule has 2 amide bonds. The van der Waals surface area contributed by atoms with Crippen LogP contribution < -0.4 is 5.32 Å². The second kappa shape index (κ2) is 10.7. The van der Waals surface area contributed by atoms with E-state index in [1.54, 1.807) is 0 Å². The molecule has 1 aliphatic heterocycles. The number of morpholine rings is 1. The number of benzene rings is 2. The summed E-state index contributed by atoms with van der Waals surface area (Å²) in [4.78, 5) is 37.7. The third-order valence-corrected chi connectivity index (χ3v) is 6.29. The maximum Gasteiger partial charge on any atom is 0.407 e. The minimum atomic E-state index is -1.11. The fourth-order valence-corrected chi connectivity index (χ4v) is 4.50. The van der Waals surface area contributed by atoms with E-state index in [4.69, 9.17) is 14.2 Å². The molecule has 1 aliphatic carbocycles. The molecule has 0 radical (unpaired) electrons. The molecular weight excluding hydrogens is 440 g/mol. The van der Waals surface area contributed by atoms with Gasteiger partial charge in [0.1, 0.15) is 6.61 Å². The van der Waals surface area contributed by atoms with E-state index in [9.17, 15) is 19.5 Å². The number of carboxylic acids is 1. The highest BCUT2D eigenvalue weighted by Gasteiger charge is 2.34. The van der Waals surface area contributed by atoms with Crippen LogP contribution in [0.25, 0.3) is 11.1 Å². The van der Waals surface area contributed by atoms with Crippen molar-refractivity contribution in [2.24, 2.45) is 0 Å². The molecule has 34 heavy (non-hydrogen) atoms. The number of nitrogens with one attached hydrogen (secondary N) is 1. The number of ether oxygens (including phenoxy) is 3. The molecule has 9 heteroatoms. The lowest BCUT2D eigenvalue weighted by atomic mass is 9.98. The van der Waals surface area contributed by atoms with Crippen LogP contribution in [0, 0.1) is 0 Å². The summed E-state index contributed by atoms with van der Waals surface area (Å²) in [5, 5.41) is 12.0. The quantitative estimate of drug-likeness (QED) is 0.611. The number of nitrogens with zero attached hydrogens (tertiary/aromatic N) is 1. The molecule has 2 aromatic carbocycles. The lowest BCUT2D eigenvalue weighted by Crippen LogP contribution is -2.53. The number of methoxy groups -OCH3 is 1. The number of alkyl carbamates (subject to hydrolysis) is 1. The number of carbonyl (C=O) groups is 3. The van der Waals surface area contributed by atoms with Crippen molar-refractivity contribution in [3.05, 3.63) is 59.7 Å². The number of carbonyl (C=O) groups excluding carboxylic acids is 2. The van der Waals surface area contributed by atoms with Crippen LogP contribution in [-0.2, 0) is 23.8 Å². The van der Waals surface area contributed by atoms with Crippen LogP contribution in [0.5, 0.6) is 0 Å². The zero-order valence-corrected chi connectivity index (χ0v) is 18.9. The predicted octanol–water partition coefficient (Wildman–Crippen LogP) is 2.24. The molecule has 180 valence electrons. The maximum absolute atomic E-state index is 12.6. The number of amides is 2. The van der Waals surface area contributed by atoms with Gasteiger partial charge in [-0.15, -0.1) is 0 Å². The van der Waals surface area contributed by atoms with Crippen LogP contribution in [-0.4, -0.2) is 80.1 Å². The molecule has 1 heterocycles. The van der Waals surface area contributed by atoms with Crippen molar-refractivity contribution in [3.63, 3.8) is 0 Å². The van der Waals surface area contributed by atoms with Crippen LogP contribution in [0.1, 0.15) is 23.5 Å². The van der Waals surface area contributed by atoms with Gasteiger partial charge in [0, 0.05) is 26.1 Å². The number of fused-ring (bicyclic) bond motifs is 3. The third-order valence-electron chi connectivity index (χ3n) is 6.29. The van der Waals surface area contributed by atoms with Gasteiger partial charge in [-0.3, -0.25) is 4.79 Å². The number of aliphatic carboxylic acids is 1. The summed E-state index contributed by atoms with van der Waals surface area (Å²) >= 11 is 0. The van der Waals surface area contributed by atoms with Gasteiger partial charge < -0.3 is 29.5 Å². The highest BCUT2D eigenvalue weighted by atomic mass is 16.5. The Morgan fingerprint density at radius 2 is 1.76 bits per heavy atom. The van der Waals surface area contributed by atoms with Gasteiger partial charge in [0.05, 0.1) is 25.7 Å². The van der Waals surface area contributed by atoms with Crippen molar-refractivity contribution in [3.8, 4) is 11.1 Å². The average Bonchev–Trinajstić information content (AvgIpc) is 3.18. The summed E-state index contributed by atoms with van der Waals surface area (Å²) in [6.45, 7) is 0.680. The van der Waals surface area contributed by atoms with Crippen LogP contribution in [0.15, 0.2) is 48.5 Å². The minimum Gasteiger partial charge on any atom is -0.480 e. The van der Waals surface area contributed by atoms with Crippen LogP contribution in [0.2, 0.25) is 0 Å². The van der Waals surface area contributed by atoms with Gasteiger partial charge in [0.25, 0.3) is 0 Å². The Hall–Kier alpha value is -3.43. The molecule has 0 aromatic heterocycles. The van der Waals surface area contributed by atoms with Crippen molar-refractivity contribution < 1.29 is 33.7 Å². The molecule has 2 aliphatic rings. The minimum absolute atomic E-state index is 0.0449. The van der Waals surface area contributed by atoms with Crippen molar-refractivity contribution >= 4 is 18.0 Å². The Balaban J connectivity index is 1.30. The predicted molar refractivity (Wildman–Crippen MR) is 122 cm³/mol. The van der Waals surface area contributed by atoms with E-state index in [0.29, 0.717) is 0 Å². The normalized spacial score (nSPS) is 18.0. The monoisotopic (exact) mass is 468 g/mol. The molecule has 2 atom stereocenters. The van der Waals surface area contributed by atoms with Crippen molar-refractivity contribution in [2.45, 2.75) is 24.5 Å². The van der Waals surface area contributed by atoms with Gasteiger partial charge in [0.2, 0.25) is 5.91 Å². The van der Waals surface area contributed by atoms with Crippen molar-refractivity contribution in [1.82, 2.24) is 10.2 Å². The zero-order chi connectivity index (χ0) is 24.1. The Bertz CT molecular complexity index is 1010. The highest BCUT2D eigenvalue weighted by Crippen LogP contribution is 2.44. The first-order valence-corrected chi connectivity index (χ1v) is 11.2. The van der Waals surface area contributed by atoms with Gasteiger partial charge in [-0.25, -0.2) is 9.59 Å². The van der Waals surface area contributed by atoms with Gasteiger partial charge in [-0.1, -0.05) is 48.5 Å². The third kappa shape index (κ3) is 5.05. The van der Waals surface area contributed by atoms with Gasteiger partial charge in [0.15, 0.2) is 6.04 Å². The molecule has 2 N–H and O–H groups in total. The summed E-state index contributed by atoms with van der Waals surface area (Å²) < 4.78 is 16.0. The molecule has 2 aromatic rings. The summed E-state index contributed by atoms with van der Waals surface area (Å²) in [6.07, 6.45) is -1.29. The smallest absolute Gasteiger partial charge is 0.407 e. The van der Waals surface area contributed by atoms with Crippen LogP contribution in [0.4, 0.5) is 4.79 Å². The summed E-state index contributed by atoms with van der Waals surface area (Å²) in [6, 6.07) is 15.1. The molecule has 1 saturated heterocycles. The SMILES string of the molecule is COC(CNC(=O)OCC1c2ccccc2-c2ccccc21)CC(=O)N1CCOCC1C(=O)O. The Kier molecular flexibility index (Phi) is 7.44.